The molecule has 0 radical (unpaired) electrons. The van der Waals surface area contributed by atoms with Crippen LogP contribution in [0.1, 0.15) is 39.3 Å². The van der Waals surface area contributed by atoms with Crippen LogP contribution in [-0.2, 0) is 9.53 Å². The van der Waals surface area contributed by atoms with Crippen molar-refractivity contribution in [3.05, 3.63) is 51.2 Å². The second-order valence-electron chi connectivity index (χ2n) is 9.75. The topological polar surface area (TPSA) is 94.2 Å². The number of likely N-dealkylation sites (N-methyl/N-ethyl adjacent to an activating group) is 1. The van der Waals surface area contributed by atoms with Crippen LogP contribution in [0.4, 0.5) is 5.69 Å². The number of halogens is 1. The lowest BCUT2D eigenvalue weighted by atomic mass is 10.1. The van der Waals surface area contributed by atoms with E-state index in [1.165, 1.54) is 11.3 Å². The first kappa shape index (κ1) is 28.5. The van der Waals surface area contributed by atoms with Gasteiger partial charge in [-0.1, -0.05) is 11.6 Å². The number of piperazine rings is 1. The second-order valence-corrected chi connectivity index (χ2v) is 11.5. The van der Waals surface area contributed by atoms with E-state index in [4.69, 9.17) is 16.3 Å². The normalized spacial score (nSPS) is 17.8. The van der Waals surface area contributed by atoms with Crippen molar-refractivity contribution in [1.82, 2.24) is 20.4 Å². The minimum atomic E-state index is -0.412. The van der Waals surface area contributed by atoms with Gasteiger partial charge in [0.05, 0.1) is 28.5 Å². The molecule has 9 nitrogen and oxygen atoms in total. The summed E-state index contributed by atoms with van der Waals surface area (Å²) in [6.07, 6.45) is 2.47. The number of nitrogens with one attached hydrogen (secondary N) is 2. The third-order valence-corrected chi connectivity index (χ3v) is 8.10. The number of benzene rings is 1. The molecule has 1 aromatic carbocycles. The Balaban J connectivity index is 1.29. The first-order valence-electron chi connectivity index (χ1n) is 13.1. The molecule has 0 aliphatic carbocycles. The zero-order valence-corrected chi connectivity index (χ0v) is 23.4. The van der Waals surface area contributed by atoms with Crippen molar-refractivity contribution in [2.75, 3.05) is 71.0 Å². The molecule has 2 fully saturated rings. The standard InChI is InChI=1S/C27H36ClN5O4S/c1-31-12-14-32(15-13-31)16-17-37-19-21(30-27(36)23-9-10-24(28)38-23)18-29-26(35)20-5-7-22(8-6-20)33-11-3-2-4-25(33)34/h5-10,21H,2-4,11-19H2,1H3,(H,29,35)(H,30,36). The van der Waals surface area contributed by atoms with E-state index in [-0.39, 0.29) is 30.9 Å². The molecule has 1 unspecified atom stereocenters. The number of carbonyl (C=O) groups excluding carboxylic acids is 3. The summed E-state index contributed by atoms with van der Waals surface area (Å²) < 4.78 is 6.46. The number of carbonyl (C=O) groups is 3. The quantitative estimate of drug-likeness (QED) is 0.410. The van der Waals surface area contributed by atoms with Crippen molar-refractivity contribution in [2.45, 2.75) is 25.3 Å². The van der Waals surface area contributed by atoms with Gasteiger partial charge in [0.1, 0.15) is 0 Å². The first-order chi connectivity index (χ1) is 18.4. The van der Waals surface area contributed by atoms with Crippen LogP contribution < -0.4 is 15.5 Å². The Morgan fingerprint density at radius 1 is 1.03 bits per heavy atom. The number of piperidine rings is 1. The third-order valence-electron chi connectivity index (χ3n) is 6.87. The molecule has 3 heterocycles. The highest BCUT2D eigenvalue weighted by Gasteiger charge is 2.21. The number of amides is 3. The van der Waals surface area contributed by atoms with E-state index in [1.807, 2.05) is 0 Å². The van der Waals surface area contributed by atoms with E-state index in [0.717, 1.165) is 51.3 Å². The Hall–Kier alpha value is -2.50. The molecule has 4 rings (SSSR count). The summed E-state index contributed by atoms with van der Waals surface area (Å²) in [6.45, 7) is 6.68. The van der Waals surface area contributed by atoms with Gasteiger partial charge in [-0.15, -0.1) is 11.3 Å². The van der Waals surface area contributed by atoms with Crippen molar-refractivity contribution in [2.24, 2.45) is 0 Å². The van der Waals surface area contributed by atoms with Crippen molar-refractivity contribution in [3.8, 4) is 0 Å². The minimum absolute atomic E-state index is 0.117. The summed E-state index contributed by atoms with van der Waals surface area (Å²) in [5, 5.41) is 5.87. The minimum Gasteiger partial charge on any atom is -0.378 e. The summed E-state index contributed by atoms with van der Waals surface area (Å²) in [7, 11) is 2.13. The maximum Gasteiger partial charge on any atom is 0.261 e. The van der Waals surface area contributed by atoms with Gasteiger partial charge in [-0.2, -0.15) is 0 Å². The highest BCUT2D eigenvalue weighted by atomic mass is 35.5. The molecule has 2 aliphatic heterocycles. The van der Waals surface area contributed by atoms with Crippen molar-refractivity contribution in [1.29, 1.82) is 0 Å². The molecule has 0 spiro atoms. The molecule has 1 aromatic heterocycles. The highest BCUT2D eigenvalue weighted by molar-refractivity contribution is 7.18. The maximum atomic E-state index is 12.9. The fourth-order valence-electron chi connectivity index (χ4n) is 4.52. The van der Waals surface area contributed by atoms with Gasteiger partial charge in [-0.05, 0) is 56.3 Å². The van der Waals surface area contributed by atoms with Crippen LogP contribution in [0, 0.1) is 0 Å². The van der Waals surface area contributed by atoms with Gasteiger partial charge < -0.3 is 25.2 Å². The summed E-state index contributed by atoms with van der Waals surface area (Å²) in [5.41, 5.74) is 1.30. The molecule has 2 aliphatic rings. The van der Waals surface area contributed by atoms with Crippen molar-refractivity contribution >= 4 is 46.3 Å². The van der Waals surface area contributed by atoms with E-state index in [9.17, 15) is 14.4 Å². The van der Waals surface area contributed by atoms with Crippen LogP contribution in [-0.4, -0.2) is 99.6 Å². The molecular weight excluding hydrogens is 526 g/mol. The van der Waals surface area contributed by atoms with Crippen molar-refractivity contribution < 1.29 is 19.1 Å². The van der Waals surface area contributed by atoms with E-state index in [2.05, 4.69) is 27.5 Å². The van der Waals surface area contributed by atoms with E-state index < -0.39 is 6.04 Å². The highest BCUT2D eigenvalue weighted by Crippen LogP contribution is 2.22. The molecule has 2 N–H and O–H groups in total. The van der Waals surface area contributed by atoms with E-state index in [0.29, 0.717) is 34.3 Å². The first-order valence-corrected chi connectivity index (χ1v) is 14.3. The summed E-state index contributed by atoms with van der Waals surface area (Å²) >= 11 is 7.20. The predicted octanol–water partition coefficient (Wildman–Crippen LogP) is 2.71. The Labute approximate surface area is 233 Å². The van der Waals surface area contributed by atoms with Crippen LogP contribution in [0.5, 0.6) is 0 Å². The molecular formula is C27H36ClN5O4S. The van der Waals surface area contributed by atoms with E-state index in [1.54, 1.807) is 41.3 Å². The largest absolute Gasteiger partial charge is 0.378 e. The summed E-state index contributed by atoms with van der Waals surface area (Å²) in [6, 6.07) is 10.0. The van der Waals surface area contributed by atoms with Crippen LogP contribution >= 0.6 is 22.9 Å². The van der Waals surface area contributed by atoms with Crippen LogP contribution in [0.2, 0.25) is 4.34 Å². The fourth-order valence-corrected chi connectivity index (χ4v) is 5.47. The predicted molar refractivity (Wildman–Crippen MR) is 150 cm³/mol. The van der Waals surface area contributed by atoms with Gasteiger partial charge in [0, 0.05) is 63.5 Å². The lowest BCUT2D eigenvalue weighted by Gasteiger charge is -2.32. The van der Waals surface area contributed by atoms with E-state index >= 15 is 0 Å². The van der Waals surface area contributed by atoms with Crippen LogP contribution in [0.15, 0.2) is 36.4 Å². The van der Waals surface area contributed by atoms with Crippen molar-refractivity contribution in [3.63, 3.8) is 0 Å². The Kier molecular flexibility index (Phi) is 10.5. The maximum absolute atomic E-state index is 12.9. The van der Waals surface area contributed by atoms with Crippen LogP contribution in [0.3, 0.4) is 0 Å². The molecule has 3 amide bonds. The monoisotopic (exact) mass is 561 g/mol. The number of nitrogens with zero attached hydrogens (tertiary/aromatic N) is 3. The Bertz CT molecular complexity index is 1090. The molecule has 2 saturated heterocycles. The number of rotatable bonds is 11. The lowest BCUT2D eigenvalue weighted by molar-refractivity contribution is -0.119. The number of hydrogen-bond acceptors (Lipinski definition) is 7. The zero-order chi connectivity index (χ0) is 26.9. The average molecular weight is 562 g/mol. The van der Waals surface area contributed by atoms with Gasteiger partial charge in [0.25, 0.3) is 11.8 Å². The average Bonchev–Trinajstić information content (AvgIpc) is 3.37. The molecule has 11 heteroatoms. The van der Waals surface area contributed by atoms with Gasteiger partial charge in [-0.3, -0.25) is 19.3 Å². The molecule has 1 atom stereocenters. The van der Waals surface area contributed by atoms with Gasteiger partial charge >= 0.3 is 0 Å². The Morgan fingerprint density at radius 3 is 2.47 bits per heavy atom. The van der Waals surface area contributed by atoms with Gasteiger partial charge in [0.2, 0.25) is 5.91 Å². The second kappa shape index (κ2) is 14.0. The Morgan fingerprint density at radius 2 is 1.79 bits per heavy atom. The number of hydrogen-bond donors (Lipinski definition) is 2. The smallest absolute Gasteiger partial charge is 0.261 e. The molecule has 0 bridgehead atoms. The fraction of sp³-hybridized carbons (Fsp3) is 0.519. The SMILES string of the molecule is CN1CCN(CCOCC(CNC(=O)c2ccc(N3CCCCC3=O)cc2)NC(=O)c2ccc(Cl)s2)CC1. The zero-order valence-electron chi connectivity index (χ0n) is 21.8. The summed E-state index contributed by atoms with van der Waals surface area (Å²) in [5.74, 6) is -0.386. The van der Waals surface area contributed by atoms with Crippen LogP contribution in [0.25, 0.3) is 0 Å². The summed E-state index contributed by atoms with van der Waals surface area (Å²) in [4.78, 5) is 44.7. The van der Waals surface area contributed by atoms with Gasteiger partial charge in [-0.25, -0.2) is 0 Å². The third kappa shape index (κ3) is 8.25. The lowest BCUT2D eigenvalue weighted by Crippen LogP contribution is -2.47. The number of ether oxygens (including phenoxy) is 1. The molecule has 2 aromatic rings. The molecule has 38 heavy (non-hydrogen) atoms. The van der Waals surface area contributed by atoms with Gasteiger partial charge in [0.15, 0.2) is 0 Å². The number of anilines is 1. The molecule has 0 saturated carbocycles. The number of thiophene rings is 1. The molecule has 206 valence electrons.